The van der Waals surface area contributed by atoms with Gasteiger partial charge in [-0.15, -0.1) is 6.58 Å². The Morgan fingerprint density at radius 2 is 2.35 bits per heavy atom. The summed E-state index contributed by atoms with van der Waals surface area (Å²) in [7, 11) is 1.91. The number of aryl methyl sites for hydroxylation is 1. The van der Waals surface area contributed by atoms with E-state index in [-0.39, 0.29) is 0 Å². The summed E-state index contributed by atoms with van der Waals surface area (Å²) in [6.45, 7) is 8.14. The summed E-state index contributed by atoms with van der Waals surface area (Å²) in [5, 5.41) is 7.78. The van der Waals surface area contributed by atoms with Crippen molar-refractivity contribution in [2.75, 3.05) is 6.54 Å². The van der Waals surface area contributed by atoms with Crippen molar-refractivity contribution in [3.05, 3.63) is 31.3 Å². The van der Waals surface area contributed by atoms with Crippen LogP contribution in [0.1, 0.15) is 12.1 Å². The van der Waals surface area contributed by atoms with E-state index < -0.39 is 0 Å². The van der Waals surface area contributed by atoms with Crippen molar-refractivity contribution in [1.82, 2.24) is 14.5 Å². The van der Waals surface area contributed by atoms with Crippen LogP contribution in [-0.4, -0.2) is 33.0 Å². The molecule has 1 N–H and O–H groups in total. The summed E-state index contributed by atoms with van der Waals surface area (Å²) in [6.07, 6.45) is 5.69. The maximum atomic E-state index is 7.78. The van der Waals surface area contributed by atoms with Crippen molar-refractivity contribution in [3.63, 3.8) is 0 Å². The molecule has 2 heterocycles. The lowest BCUT2D eigenvalue weighted by molar-refractivity contribution is 0.665. The van der Waals surface area contributed by atoms with Crippen molar-refractivity contribution in [2.45, 2.75) is 6.42 Å². The molecular formula is C12H15N5. The molecule has 0 unspecified atom stereocenters. The molecule has 0 atom stereocenters. The summed E-state index contributed by atoms with van der Waals surface area (Å²) in [5.41, 5.74) is 2.31. The Hall–Kier alpha value is -2.17. The third-order valence-corrected chi connectivity index (χ3v) is 2.61. The van der Waals surface area contributed by atoms with Gasteiger partial charge in [-0.2, -0.15) is 0 Å². The number of aliphatic imine (C=N–C) groups is 1. The number of nitrogens with one attached hydrogen (secondary N) is 1. The first-order valence-corrected chi connectivity index (χ1v) is 5.32. The first-order valence-electron chi connectivity index (χ1n) is 5.32. The average Bonchev–Trinajstić information content (AvgIpc) is 2.65. The fraction of sp³-hybridized carbons (Fsp3) is 0.250. The molecule has 0 amide bonds. The zero-order valence-electron chi connectivity index (χ0n) is 9.85. The smallest absolute Gasteiger partial charge is 0.181 e. The van der Waals surface area contributed by atoms with Crippen LogP contribution in [-0.2, 0) is 7.05 Å². The second-order valence-electron chi connectivity index (χ2n) is 3.94. The Morgan fingerprint density at radius 3 is 3.06 bits per heavy atom. The van der Waals surface area contributed by atoms with Crippen molar-refractivity contribution < 1.29 is 0 Å². The SMILES string of the molecule is C=CCC(=N)CN1C=Nc2ncn(C)c2C1=C. The van der Waals surface area contributed by atoms with E-state index >= 15 is 0 Å². The van der Waals surface area contributed by atoms with Crippen LogP contribution >= 0.6 is 0 Å². The molecule has 1 aromatic rings. The largest absolute Gasteiger partial charge is 0.331 e. The van der Waals surface area contributed by atoms with E-state index in [0.29, 0.717) is 24.5 Å². The third-order valence-electron chi connectivity index (χ3n) is 2.61. The third kappa shape index (κ3) is 2.04. The fourth-order valence-corrected chi connectivity index (χ4v) is 1.76. The second kappa shape index (κ2) is 4.37. The lowest BCUT2D eigenvalue weighted by atomic mass is 10.2. The van der Waals surface area contributed by atoms with Crippen molar-refractivity contribution in [2.24, 2.45) is 12.0 Å². The Balaban J connectivity index is 2.19. The van der Waals surface area contributed by atoms with Gasteiger partial charge in [-0.3, -0.25) is 0 Å². The van der Waals surface area contributed by atoms with Crippen molar-refractivity contribution in [1.29, 1.82) is 5.41 Å². The highest BCUT2D eigenvalue weighted by atomic mass is 15.2. The van der Waals surface area contributed by atoms with Crippen LogP contribution in [0.15, 0.2) is 30.6 Å². The standard InChI is InChI=1S/C12H15N5/c1-4-5-10(13)6-17-8-15-12-11(9(17)2)16(3)7-14-12/h4,7-8,13H,1-2,5-6H2,3H3. The van der Waals surface area contributed by atoms with E-state index in [1.807, 2.05) is 16.5 Å². The van der Waals surface area contributed by atoms with E-state index in [1.165, 1.54) is 0 Å². The van der Waals surface area contributed by atoms with Gasteiger partial charge in [-0.25, -0.2) is 9.98 Å². The summed E-state index contributed by atoms with van der Waals surface area (Å²) in [4.78, 5) is 10.3. The molecule has 88 valence electrons. The van der Waals surface area contributed by atoms with Gasteiger partial charge in [-0.1, -0.05) is 12.7 Å². The number of nitrogens with zero attached hydrogens (tertiary/aromatic N) is 4. The highest BCUT2D eigenvalue weighted by Crippen LogP contribution is 2.28. The highest BCUT2D eigenvalue weighted by Gasteiger charge is 2.20. The fourth-order valence-electron chi connectivity index (χ4n) is 1.76. The minimum absolute atomic E-state index is 0.485. The number of fused-ring (bicyclic) bond motifs is 1. The maximum absolute atomic E-state index is 7.78. The summed E-state index contributed by atoms with van der Waals surface area (Å²) < 4.78 is 1.89. The van der Waals surface area contributed by atoms with Gasteiger partial charge in [0, 0.05) is 19.2 Å². The molecule has 17 heavy (non-hydrogen) atoms. The van der Waals surface area contributed by atoms with E-state index in [9.17, 15) is 0 Å². The number of aromatic nitrogens is 2. The number of rotatable bonds is 4. The first kappa shape index (κ1) is 11.3. The van der Waals surface area contributed by atoms with E-state index in [2.05, 4.69) is 23.1 Å². The summed E-state index contributed by atoms with van der Waals surface area (Å²) in [5.74, 6) is 0.684. The second-order valence-corrected chi connectivity index (χ2v) is 3.94. The van der Waals surface area contributed by atoms with Gasteiger partial charge in [0.25, 0.3) is 0 Å². The van der Waals surface area contributed by atoms with Gasteiger partial charge in [-0.05, 0) is 0 Å². The van der Waals surface area contributed by atoms with E-state index in [4.69, 9.17) is 5.41 Å². The van der Waals surface area contributed by atoms with Crippen LogP contribution in [0.3, 0.4) is 0 Å². The number of hydrogen-bond donors (Lipinski definition) is 1. The Labute approximate surface area is 100 Å². The molecule has 5 heteroatoms. The van der Waals surface area contributed by atoms with Gasteiger partial charge in [0.1, 0.15) is 5.69 Å². The normalized spacial score (nSPS) is 13.7. The molecule has 0 bridgehead atoms. The van der Waals surface area contributed by atoms with Crippen molar-refractivity contribution >= 4 is 23.6 Å². The monoisotopic (exact) mass is 229 g/mol. The van der Waals surface area contributed by atoms with Crippen LogP contribution in [0.5, 0.6) is 0 Å². The Bertz CT molecular complexity index is 509. The first-order chi connectivity index (χ1) is 8.13. The maximum Gasteiger partial charge on any atom is 0.181 e. The van der Waals surface area contributed by atoms with Gasteiger partial charge < -0.3 is 14.9 Å². The quantitative estimate of drug-likeness (QED) is 0.633. The number of imidazole rings is 1. The molecule has 0 aliphatic carbocycles. The Kier molecular flexibility index (Phi) is 2.91. The molecule has 0 aromatic carbocycles. The molecule has 1 aliphatic rings. The highest BCUT2D eigenvalue weighted by molar-refractivity contribution is 5.91. The molecule has 1 aromatic heterocycles. The van der Waals surface area contributed by atoms with E-state index in [0.717, 1.165) is 11.4 Å². The zero-order valence-corrected chi connectivity index (χ0v) is 9.85. The molecule has 1 aliphatic heterocycles. The molecule has 0 fully saturated rings. The summed E-state index contributed by atoms with van der Waals surface area (Å²) >= 11 is 0. The van der Waals surface area contributed by atoms with Crippen LogP contribution in [0.25, 0.3) is 5.70 Å². The molecule has 5 nitrogen and oxygen atoms in total. The van der Waals surface area contributed by atoms with E-state index in [1.54, 1.807) is 18.7 Å². The molecule has 0 saturated carbocycles. The van der Waals surface area contributed by atoms with Gasteiger partial charge in [0.2, 0.25) is 0 Å². The predicted octanol–water partition coefficient (Wildman–Crippen LogP) is 1.96. The Morgan fingerprint density at radius 1 is 1.59 bits per heavy atom. The predicted molar refractivity (Wildman–Crippen MR) is 69.6 cm³/mol. The van der Waals surface area contributed by atoms with Crippen LogP contribution in [0, 0.1) is 5.41 Å². The van der Waals surface area contributed by atoms with Crippen molar-refractivity contribution in [3.8, 4) is 0 Å². The molecule has 0 radical (unpaired) electrons. The summed E-state index contributed by atoms with van der Waals surface area (Å²) in [6, 6.07) is 0. The van der Waals surface area contributed by atoms with Gasteiger partial charge >= 0.3 is 0 Å². The molecule has 0 spiro atoms. The lowest BCUT2D eigenvalue weighted by Gasteiger charge is -2.25. The van der Waals surface area contributed by atoms with Gasteiger partial charge in [0.15, 0.2) is 5.82 Å². The average molecular weight is 229 g/mol. The lowest BCUT2D eigenvalue weighted by Crippen LogP contribution is -2.28. The topological polar surface area (TPSA) is 57.3 Å². The van der Waals surface area contributed by atoms with Crippen LogP contribution < -0.4 is 0 Å². The van der Waals surface area contributed by atoms with Gasteiger partial charge in [0.05, 0.1) is 24.9 Å². The molecule has 2 rings (SSSR count). The minimum Gasteiger partial charge on any atom is -0.331 e. The molecular weight excluding hydrogens is 214 g/mol. The zero-order chi connectivity index (χ0) is 12.4. The minimum atomic E-state index is 0.485. The number of hydrogen-bond acceptors (Lipinski definition) is 4. The molecule has 0 saturated heterocycles. The number of allylic oxidation sites excluding steroid dienone is 1. The van der Waals surface area contributed by atoms with Crippen LogP contribution in [0.2, 0.25) is 0 Å². The van der Waals surface area contributed by atoms with Crippen LogP contribution in [0.4, 0.5) is 5.82 Å².